The normalized spacial score (nSPS) is 12.2. The van der Waals surface area contributed by atoms with Gasteiger partial charge in [0, 0.05) is 19.1 Å². The van der Waals surface area contributed by atoms with Crippen LogP contribution in [-0.2, 0) is 28.9 Å². The highest BCUT2D eigenvalue weighted by Crippen LogP contribution is 2.12. The lowest BCUT2D eigenvalue weighted by molar-refractivity contribution is 0.568. The Morgan fingerprint density at radius 1 is 1.03 bits per heavy atom. The summed E-state index contributed by atoms with van der Waals surface area (Å²) in [5, 5.41) is 6.55. The summed E-state index contributed by atoms with van der Waals surface area (Å²) in [6.07, 6.45) is 0. The monoisotopic (exact) mass is 416 g/mol. The zero-order valence-electron chi connectivity index (χ0n) is 17.7. The van der Waals surface area contributed by atoms with Crippen LogP contribution in [0.2, 0.25) is 0 Å². The Morgan fingerprint density at radius 2 is 1.76 bits per heavy atom. The van der Waals surface area contributed by atoms with Crippen molar-refractivity contribution < 1.29 is 8.42 Å². The molecule has 0 aliphatic heterocycles. The van der Waals surface area contributed by atoms with Crippen LogP contribution >= 0.6 is 0 Å². The molecule has 0 saturated carbocycles. The molecular weight excluding hydrogens is 384 g/mol. The predicted molar refractivity (Wildman–Crippen MR) is 120 cm³/mol. The molecule has 0 unspecified atom stereocenters. The minimum Gasteiger partial charge on any atom is -0.357 e. The van der Waals surface area contributed by atoms with E-state index in [4.69, 9.17) is 0 Å². The first-order chi connectivity index (χ1) is 13.8. The Balaban J connectivity index is 2.08. The molecule has 0 aliphatic rings. The van der Waals surface area contributed by atoms with Gasteiger partial charge in [-0.3, -0.25) is 0 Å². The molecule has 0 fully saturated rings. The van der Waals surface area contributed by atoms with Crippen LogP contribution in [0.15, 0.2) is 53.5 Å². The number of nitrogens with one attached hydrogen (secondary N) is 3. The number of aliphatic imine (C=N–C) groups is 1. The highest BCUT2D eigenvalue weighted by atomic mass is 32.2. The Morgan fingerprint density at radius 3 is 2.41 bits per heavy atom. The summed E-state index contributed by atoms with van der Waals surface area (Å²) in [4.78, 5) is 4.65. The molecule has 2 aromatic carbocycles. The van der Waals surface area contributed by atoms with Crippen LogP contribution in [0.5, 0.6) is 0 Å². The summed E-state index contributed by atoms with van der Waals surface area (Å²) >= 11 is 0. The second kappa shape index (κ2) is 11.0. The molecule has 0 spiro atoms. The third-order valence-corrected chi connectivity index (χ3v) is 5.69. The van der Waals surface area contributed by atoms with Crippen molar-refractivity contribution in [1.29, 1.82) is 0 Å². The fourth-order valence-electron chi connectivity index (χ4n) is 2.98. The van der Waals surface area contributed by atoms with E-state index >= 15 is 0 Å². The Hall–Kier alpha value is -2.38. The van der Waals surface area contributed by atoms with E-state index in [1.807, 2.05) is 51.1 Å². The number of sulfonamides is 1. The minimum absolute atomic E-state index is 0.0417. The number of aryl methyl sites for hydroxylation is 1. The van der Waals surface area contributed by atoms with Crippen molar-refractivity contribution in [3.63, 3.8) is 0 Å². The van der Waals surface area contributed by atoms with Crippen molar-refractivity contribution >= 4 is 16.0 Å². The summed E-state index contributed by atoms with van der Waals surface area (Å²) in [5.74, 6) is 0.659. The average Bonchev–Trinajstić information content (AvgIpc) is 2.63. The van der Waals surface area contributed by atoms with Crippen LogP contribution in [-0.4, -0.2) is 27.0 Å². The van der Waals surface area contributed by atoms with Crippen molar-refractivity contribution in [2.75, 3.05) is 6.54 Å². The maximum atomic E-state index is 12.3. The fraction of sp³-hybridized carbons (Fsp3) is 0.409. The van der Waals surface area contributed by atoms with Crippen molar-refractivity contribution in [2.45, 2.75) is 52.6 Å². The first-order valence-electron chi connectivity index (χ1n) is 9.93. The van der Waals surface area contributed by atoms with E-state index in [2.05, 4.69) is 45.5 Å². The third-order valence-electron chi connectivity index (χ3n) is 4.17. The smallest absolute Gasteiger partial charge is 0.216 e. The quantitative estimate of drug-likeness (QED) is 0.433. The second-order valence-corrected chi connectivity index (χ2v) is 9.09. The van der Waals surface area contributed by atoms with Crippen LogP contribution in [0.1, 0.15) is 43.0 Å². The lowest BCUT2D eigenvalue weighted by Crippen LogP contribution is -2.37. The lowest BCUT2D eigenvalue weighted by atomic mass is 10.1. The van der Waals surface area contributed by atoms with E-state index in [0.717, 1.165) is 23.2 Å². The van der Waals surface area contributed by atoms with E-state index in [1.54, 1.807) is 0 Å². The Labute approximate surface area is 174 Å². The number of rotatable bonds is 9. The van der Waals surface area contributed by atoms with Crippen molar-refractivity contribution in [1.82, 2.24) is 15.4 Å². The van der Waals surface area contributed by atoms with Gasteiger partial charge in [0.05, 0.1) is 12.3 Å². The summed E-state index contributed by atoms with van der Waals surface area (Å²) < 4.78 is 27.3. The van der Waals surface area contributed by atoms with E-state index in [0.29, 0.717) is 19.0 Å². The summed E-state index contributed by atoms with van der Waals surface area (Å²) in [6, 6.07) is 15.7. The highest BCUT2D eigenvalue weighted by molar-refractivity contribution is 7.88. The summed E-state index contributed by atoms with van der Waals surface area (Å²) in [7, 11) is -3.38. The number of nitrogens with zero attached hydrogens (tertiary/aromatic N) is 1. The van der Waals surface area contributed by atoms with Gasteiger partial charge in [0.1, 0.15) is 0 Å². The van der Waals surface area contributed by atoms with Gasteiger partial charge < -0.3 is 10.6 Å². The van der Waals surface area contributed by atoms with Gasteiger partial charge in [-0.05, 0) is 44.4 Å². The minimum atomic E-state index is -3.38. The van der Waals surface area contributed by atoms with Gasteiger partial charge in [0.25, 0.3) is 0 Å². The molecule has 0 radical (unpaired) electrons. The van der Waals surface area contributed by atoms with E-state index in [-0.39, 0.29) is 11.8 Å². The van der Waals surface area contributed by atoms with Gasteiger partial charge in [0.15, 0.2) is 5.96 Å². The maximum absolute atomic E-state index is 12.3. The van der Waals surface area contributed by atoms with Gasteiger partial charge in [-0.2, -0.15) is 0 Å². The molecule has 0 aliphatic carbocycles. The van der Waals surface area contributed by atoms with Crippen LogP contribution in [0.25, 0.3) is 0 Å². The zero-order chi connectivity index (χ0) is 21.3. The second-order valence-electron chi connectivity index (χ2n) is 7.34. The summed E-state index contributed by atoms with van der Waals surface area (Å²) in [6.45, 7) is 9.53. The number of benzene rings is 2. The Bertz CT molecular complexity index is 924. The summed E-state index contributed by atoms with van der Waals surface area (Å²) in [5.41, 5.74) is 4.07. The molecule has 0 aromatic heterocycles. The molecule has 29 heavy (non-hydrogen) atoms. The van der Waals surface area contributed by atoms with Crippen molar-refractivity contribution in [3.05, 3.63) is 70.8 Å². The van der Waals surface area contributed by atoms with Gasteiger partial charge in [-0.25, -0.2) is 18.1 Å². The van der Waals surface area contributed by atoms with Crippen LogP contribution < -0.4 is 15.4 Å². The highest BCUT2D eigenvalue weighted by Gasteiger charge is 2.15. The molecule has 0 saturated heterocycles. The topological polar surface area (TPSA) is 82.6 Å². The fourth-order valence-corrected chi connectivity index (χ4v) is 4.47. The van der Waals surface area contributed by atoms with Crippen LogP contribution in [0.3, 0.4) is 0 Å². The van der Waals surface area contributed by atoms with Gasteiger partial charge in [-0.15, -0.1) is 0 Å². The Kier molecular flexibility index (Phi) is 8.67. The molecule has 0 atom stereocenters. The molecular formula is C22H32N4O2S. The first kappa shape index (κ1) is 22.9. The molecule has 2 rings (SSSR count). The number of hydrogen-bond donors (Lipinski definition) is 3. The van der Waals surface area contributed by atoms with Crippen LogP contribution in [0.4, 0.5) is 0 Å². The molecule has 158 valence electrons. The zero-order valence-corrected chi connectivity index (χ0v) is 18.5. The van der Waals surface area contributed by atoms with Gasteiger partial charge >= 0.3 is 0 Å². The molecule has 0 amide bonds. The first-order valence-corrected chi connectivity index (χ1v) is 11.6. The molecule has 6 nitrogen and oxygen atoms in total. The van der Waals surface area contributed by atoms with Gasteiger partial charge in [-0.1, -0.05) is 54.1 Å². The third kappa shape index (κ3) is 8.25. The standard InChI is InChI=1S/C22H32N4O2S/c1-5-23-22(24-14-19-10-8-9-18(4)13-19)25-15-20-11-6-7-12-21(20)16-29(27,28)26-17(2)3/h6-13,17,26H,5,14-16H2,1-4H3,(H2,23,24,25). The van der Waals surface area contributed by atoms with E-state index in [1.165, 1.54) is 5.56 Å². The molecule has 2 aromatic rings. The van der Waals surface area contributed by atoms with E-state index in [9.17, 15) is 8.42 Å². The average molecular weight is 417 g/mol. The largest absolute Gasteiger partial charge is 0.357 e. The maximum Gasteiger partial charge on any atom is 0.216 e. The lowest BCUT2D eigenvalue weighted by Gasteiger charge is -2.15. The number of guanidine groups is 1. The van der Waals surface area contributed by atoms with Crippen molar-refractivity contribution in [3.8, 4) is 0 Å². The number of hydrogen-bond acceptors (Lipinski definition) is 3. The molecule has 0 heterocycles. The predicted octanol–water partition coefficient (Wildman–Crippen LogP) is 3.08. The molecule has 0 bridgehead atoms. The van der Waals surface area contributed by atoms with E-state index < -0.39 is 10.0 Å². The SMILES string of the molecule is CCNC(=NCc1cccc(C)c1)NCc1ccccc1CS(=O)(=O)NC(C)C. The van der Waals surface area contributed by atoms with Gasteiger partial charge in [0.2, 0.25) is 10.0 Å². The van der Waals surface area contributed by atoms with Crippen molar-refractivity contribution in [2.24, 2.45) is 4.99 Å². The molecule has 7 heteroatoms. The van der Waals surface area contributed by atoms with Crippen LogP contribution in [0, 0.1) is 6.92 Å². The molecule has 3 N–H and O–H groups in total.